The van der Waals surface area contributed by atoms with Crippen molar-refractivity contribution in [2.45, 2.75) is 118 Å². The molecule has 0 rings (SSSR count). The number of amides is 2. The number of esters is 2. The van der Waals surface area contributed by atoms with Gasteiger partial charge in [0.15, 0.2) is 0 Å². The predicted octanol–water partition coefficient (Wildman–Crippen LogP) is 3.66. The van der Waals surface area contributed by atoms with E-state index in [-0.39, 0.29) is 24.3 Å². The number of ether oxygens (including phenoxy) is 2. The van der Waals surface area contributed by atoms with Gasteiger partial charge in [-0.3, -0.25) is 4.79 Å². The minimum Gasteiger partial charge on any atom is -0.460 e. The second-order valence-electron chi connectivity index (χ2n) is 11.0. The third-order valence-electron chi connectivity index (χ3n) is 4.35. The Labute approximate surface area is 188 Å². The molecule has 0 aliphatic carbocycles. The van der Waals surface area contributed by atoms with Gasteiger partial charge < -0.3 is 25.8 Å². The highest BCUT2D eigenvalue weighted by Gasteiger charge is 2.31. The monoisotopic (exact) mass is 443 g/mol. The van der Waals surface area contributed by atoms with E-state index in [2.05, 4.69) is 10.6 Å². The van der Waals surface area contributed by atoms with Gasteiger partial charge in [0.2, 0.25) is 0 Å². The zero-order chi connectivity index (χ0) is 24.5. The number of urea groups is 1. The molecule has 0 spiro atoms. The van der Waals surface area contributed by atoms with E-state index in [1.54, 1.807) is 41.5 Å². The fourth-order valence-corrected chi connectivity index (χ4v) is 2.85. The Morgan fingerprint density at radius 3 is 1.81 bits per heavy atom. The highest BCUT2D eigenvalue weighted by Crippen LogP contribution is 2.23. The van der Waals surface area contributed by atoms with Crippen LogP contribution in [-0.4, -0.2) is 47.8 Å². The minimum absolute atomic E-state index is 0.0132. The second-order valence-corrected chi connectivity index (χ2v) is 11.0. The van der Waals surface area contributed by atoms with Gasteiger partial charge in [-0.1, -0.05) is 27.2 Å². The molecule has 0 aromatic heterocycles. The van der Waals surface area contributed by atoms with E-state index in [4.69, 9.17) is 15.2 Å². The molecule has 0 heterocycles. The Balaban J connectivity index is 5.19. The fourth-order valence-electron chi connectivity index (χ4n) is 2.85. The van der Waals surface area contributed by atoms with E-state index in [1.807, 2.05) is 20.8 Å². The minimum atomic E-state index is -0.962. The van der Waals surface area contributed by atoms with Gasteiger partial charge in [0.05, 0.1) is 0 Å². The van der Waals surface area contributed by atoms with Crippen LogP contribution in [0.1, 0.15) is 94.4 Å². The Bertz CT molecular complexity index is 585. The summed E-state index contributed by atoms with van der Waals surface area (Å²) in [5, 5.41) is 5.67. The third-order valence-corrected chi connectivity index (χ3v) is 4.35. The molecule has 0 saturated carbocycles. The lowest BCUT2D eigenvalue weighted by atomic mass is 9.84. The fraction of sp³-hybridized carbons (Fsp3) is 0.870. The molecule has 0 aromatic rings. The molecule has 0 bridgehead atoms. The first-order valence-corrected chi connectivity index (χ1v) is 11.2. The summed E-state index contributed by atoms with van der Waals surface area (Å²) >= 11 is 0. The number of rotatable bonds is 10. The molecule has 8 nitrogen and oxygen atoms in total. The van der Waals surface area contributed by atoms with Crippen LogP contribution < -0.4 is 16.4 Å². The van der Waals surface area contributed by atoms with Crippen molar-refractivity contribution in [1.29, 1.82) is 0 Å². The van der Waals surface area contributed by atoms with Crippen LogP contribution >= 0.6 is 0 Å². The van der Waals surface area contributed by atoms with Crippen molar-refractivity contribution in [3.8, 4) is 0 Å². The quantitative estimate of drug-likeness (QED) is 0.350. The zero-order valence-corrected chi connectivity index (χ0v) is 21.0. The molecular weight excluding hydrogens is 398 g/mol. The van der Waals surface area contributed by atoms with E-state index in [9.17, 15) is 14.4 Å². The second kappa shape index (κ2) is 12.3. The Kier molecular flexibility index (Phi) is 11.5. The van der Waals surface area contributed by atoms with Crippen molar-refractivity contribution in [2.75, 3.05) is 6.54 Å². The van der Waals surface area contributed by atoms with E-state index in [0.717, 1.165) is 19.3 Å². The molecule has 0 radical (unpaired) electrons. The van der Waals surface area contributed by atoms with Crippen LogP contribution in [0.5, 0.6) is 0 Å². The molecule has 8 heteroatoms. The van der Waals surface area contributed by atoms with Crippen LogP contribution in [0.3, 0.4) is 0 Å². The maximum Gasteiger partial charge on any atom is 0.329 e. The maximum absolute atomic E-state index is 12.7. The van der Waals surface area contributed by atoms with Crippen LogP contribution in [0.15, 0.2) is 0 Å². The van der Waals surface area contributed by atoms with Gasteiger partial charge >= 0.3 is 18.0 Å². The van der Waals surface area contributed by atoms with E-state index < -0.39 is 35.2 Å². The summed E-state index contributed by atoms with van der Waals surface area (Å²) in [6.07, 6.45) is 2.63. The molecule has 2 atom stereocenters. The summed E-state index contributed by atoms with van der Waals surface area (Å²) in [5.74, 6) is -1.01. The van der Waals surface area contributed by atoms with Gasteiger partial charge in [0, 0.05) is 12.5 Å². The van der Waals surface area contributed by atoms with Crippen LogP contribution in [0.4, 0.5) is 4.79 Å². The normalized spacial score (nSPS) is 14.4. The topological polar surface area (TPSA) is 120 Å². The number of nitrogens with two attached hydrogens (primary N) is 1. The molecule has 0 fully saturated rings. The molecule has 2 amide bonds. The third kappa shape index (κ3) is 14.7. The van der Waals surface area contributed by atoms with Gasteiger partial charge in [-0.15, -0.1) is 0 Å². The van der Waals surface area contributed by atoms with Crippen molar-refractivity contribution < 1.29 is 23.9 Å². The van der Waals surface area contributed by atoms with Crippen molar-refractivity contribution in [1.82, 2.24) is 10.6 Å². The molecule has 182 valence electrons. The summed E-state index contributed by atoms with van der Waals surface area (Å²) in [6.45, 7) is 17.3. The first-order chi connectivity index (χ1) is 13.9. The average Bonchev–Trinajstić information content (AvgIpc) is 2.53. The molecule has 0 aliphatic rings. The smallest absolute Gasteiger partial charge is 0.329 e. The Morgan fingerprint density at radius 1 is 0.806 bits per heavy atom. The van der Waals surface area contributed by atoms with Crippen molar-refractivity contribution in [2.24, 2.45) is 11.1 Å². The molecule has 2 unspecified atom stereocenters. The van der Waals surface area contributed by atoms with E-state index >= 15 is 0 Å². The Hall–Kier alpha value is -1.83. The predicted molar refractivity (Wildman–Crippen MR) is 123 cm³/mol. The SMILES string of the molecule is CC(C)(C)OC(=O)CCC(NC(=O)NC(CCCCN)C(C)(C)C)C(=O)OC(C)(C)C. The maximum atomic E-state index is 12.7. The number of carbonyl (C=O) groups is 3. The van der Waals surface area contributed by atoms with Gasteiger partial charge in [-0.05, 0) is 72.8 Å². The first-order valence-electron chi connectivity index (χ1n) is 11.2. The first kappa shape index (κ1) is 29.2. The highest BCUT2D eigenvalue weighted by atomic mass is 16.6. The zero-order valence-electron chi connectivity index (χ0n) is 21.0. The van der Waals surface area contributed by atoms with Crippen LogP contribution in [0.2, 0.25) is 0 Å². The van der Waals surface area contributed by atoms with E-state index in [1.165, 1.54) is 0 Å². The largest absolute Gasteiger partial charge is 0.460 e. The number of carbonyl (C=O) groups excluding carboxylic acids is 3. The van der Waals surface area contributed by atoms with Gasteiger partial charge in [-0.25, -0.2) is 9.59 Å². The lowest BCUT2D eigenvalue weighted by Crippen LogP contribution is -2.53. The lowest BCUT2D eigenvalue weighted by molar-refractivity contribution is -0.158. The van der Waals surface area contributed by atoms with Gasteiger partial charge in [0.25, 0.3) is 0 Å². The van der Waals surface area contributed by atoms with Crippen molar-refractivity contribution in [3.63, 3.8) is 0 Å². The number of unbranched alkanes of at least 4 members (excludes halogenated alkanes) is 1. The average molecular weight is 444 g/mol. The molecule has 0 aromatic carbocycles. The highest BCUT2D eigenvalue weighted by molar-refractivity contribution is 5.84. The standard InChI is InChI=1S/C23H45N3O5/c1-21(2,3)17(12-10-11-15-24)26-20(29)25-16(19(28)31-23(7,8)9)13-14-18(27)30-22(4,5)6/h16-17H,10-15,24H2,1-9H3,(H2,25,26,29). The summed E-state index contributed by atoms with van der Waals surface area (Å²) in [6, 6.07) is -1.52. The summed E-state index contributed by atoms with van der Waals surface area (Å²) in [7, 11) is 0. The van der Waals surface area contributed by atoms with Gasteiger partial charge in [-0.2, -0.15) is 0 Å². The van der Waals surface area contributed by atoms with E-state index in [0.29, 0.717) is 6.54 Å². The molecule has 0 saturated heterocycles. The number of hydrogen-bond acceptors (Lipinski definition) is 6. The molecular formula is C23H45N3O5. The van der Waals surface area contributed by atoms with Crippen LogP contribution in [0, 0.1) is 5.41 Å². The summed E-state index contributed by atoms with van der Waals surface area (Å²) < 4.78 is 10.7. The summed E-state index contributed by atoms with van der Waals surface area (Å²) in [5.41, 5.74) is 4.09. The molecule has 0 aliphatic heterocycles. The summed E-state index contributed by atoms with van der Waals surface area (Å²) in [4.78, 5) is 37.5. The van der Waals surface area contributed by atoms with Crippen molar-refractivity contribution >= 4 is 18.0 Å². The van der Waals surface area contributed by atoms with Gasteiger partial charge in [0.1, 0.15) is 17.2 Å². The number of hydrogen-bond donors (Lipinski definition) is 3. The van der Waals surface area contributed by atoms with Crippen molar-refractivity contribution in [3.05, 3.63) is 0 Å². The Morgan fingerprint density at radius 2 is 1.35 bits per heavy atom. The van der Waals surface area contributed by atoms with Crippen LogP contribution in [-0.2, 0) is 19.1 Å². The molecule has 4 N–H and O–H groups in total. The number of nitrogens with one attached hydrogen (secondary N) is 2. The van der Waals surface area contributed by atoms with Crippen LogP contribution in [0.25, 0.3) is 0 Å². The molecule has 31 heavy (non-hydrogen) atoms. The lowest BCUT2D eigenvalue weighted by Gasteiger charge is -2.32.